The summed E-state index contributed by atoms with van der Waals surface area (Å²) in [6.07, 6.45) is 3.01. The normalized spacial score (nSPS) is 17.3. The fraction of sp³-hybridized carbons (Fsp3) is 0.562. The molecule has 0 unspecified atom stereocenters. The average molecular weight is 326 g/mol. The third-order valence-corrected chi connectivity index (χ3v) is 4.58. The van der Waals surface area contributed by atoms with Gasteiger partial charge in [-0.2, -0.15) is 11.8 Å². The number of nitrogens with one attached hydrogen (secondary N) is 1. The van der Waals surface area contributed by atoms with Crippen LogP contribution in [0.1, 0.15) is 19.3 Å². The van der Waals surface area contributed by atoms with Crippen LogP contribution >= 0.6 is 11.8 Å². The zero-order valence-corrected chi connectivity index (χ0v) is 13.6. The molecule has 1 aromatic rings. The molecule has 2 N–H and O–H groups in total. The maximum absolute atomic E-state index is 13.8. The third kappa shape index (κ3) is 4.61. The summed E-state index contributed by atoms with van der Waals surface area (Å²) in [6.45, 7) is 1.40. The van der Waals surface area contributed by atoms with E-state index >= 15 is 0 Å². The molecule has 6 heteroatoms. The Labute approximate surface area is 135 Å². The molecule has 0 radical (unpaired) electrons. The first kappa shape index (κ1) is 17.1. The van der Waals surface area contributed by atoms with Crippen molar-refractivity contribution in [2.24, 2.45) is 0 Å². The van der Waals surface area contributed by atoms with Gasteiger partial charge in [0.2, 0.25) is 5.91 Å². The largest absolute Gasteiger partial charge is 0.383 e. The Hall–Kier alpha value is -1.27. The molecule has 1 heterocycles. The second-order valence-corrected chi connectivity index (χ2v) is 6.50. The van der Waals surface area contributed by atoms with Crippen LogP contribution in [0.15, 0.2) is 24.3 Å². The quantitative estimate of drug-likeness (QED) is 0.840. The van der Waals surface area contributed by atoms with Gasteiger partial charge in [0.05, 0.1) is 5.69 Å². The molecule has 1 amide bonds. The maximum Gasteiger partial charge on any atom is 0.249 e. The van der Waals surface area contributed by atoms with E-state index in [-0.39, 0.29) is 17.8 Å². The molecule has 122 valence electrons. The lowest BCUT2D eigenvalue weighted by Gasteiger charge is -2.34. The first-order chi connectivity index (χ1) is 10.6. The van der Waals surface area contributed by atoms with Crippen LogP contribution in [0, 0.1) is 5.82 Å². The minimum atomic E-state index is -0.933. The Morgan fingerprint density at radius 1 is 1.45 bits per heavy atom. The molecule has 0 spiro atoms. The van der Waals surface area contributed by atoms with Gasteiger partial charge in [-0.3, -0.25) is 4.79 Å². The van der Waals surface area contributed by atoms with Crippen molar-refractivity contribution in [3.63, 3.8) is 0 Å². The van der Waals surface area contributed by atoms with Crippen LogP contribution in [0.4, 0.5) is 10.1 Å². The Morgan fingerprint density at radius 2 is 2.14 bits per heavy atom. The Morgan fingerprint density at radius 3 is 2.77 bits per heavy atom. The number of benzene rings is 1. The molecule has 1 aromatic carbocycles. The number of nitrogens with zero attached hydrogens (tertiary/aromatic N) is 1. The van der Waals surface area contributed by atoms with Gasteiger partial charge in [-0.25, -0.2) is 4.39 Å². The van der Waals surface area contributed by atoms with Crippen LogP contribution in [0.2, 0.25) is 0 Å². The highest BCUT2D eigenvalue weighted by Gasteiger charge is 2.24. The highest BCUT2D eigenvalue weighted by Crippen LogP contribution is 2.22. The Balaban J connectivity index is 1.80. The number of para-hydroxylation sites is 1. The van der Waals surface area contributed by atoms with Gasteiger partial charge in [0, 0.05) is 19.1 Å². The summed E-state index contributed by atoms with van der Waals surface area (Å²) in [5, 5.41) is 12.7. The number of anilines is 1. The monoisotopic (exact) mass is 326 g/mol. The van der Waals surface area contributed by atoms with Gasteiger partial charge in [-0.15, -0.1) is 0 Å². The third-order valence-electron chi connectivity index (χ3n) is 3.93. The molecule has 1 fully saturated rings. The van der Waals surface area contributed by atoms with Crippen LogP contribution < -0.4 is 10.2 Å². The molecular weight excluding hydrogens is 303 g/mol. The number of aliphatic hydroxyl groups excluding tert-OH is 1. The Kier molecular flexibility index (Phi) is 6.51. The molecular formula is C16H23FN2O2S. The van der Waals surface area contributed by atoms with E-state index in [1.54, 1.807) is 23.9 Å². The number of amides is 1. The van der Waals surface area contributed by atoms with Gasteiger partial charge in [0.1, 0.15) is 11.9 Å². The fourth-order valence-corrected chi connectivity index (χ4v) is 3.09. The Bertz CT molecular complexity index is 493. The van der Waals surface area contributed by atoms with Crippen LogP contribution in [-0.2, 0) is 4.79 Å². The standard InChI is InChI=1S/C16H23FN2O2S/c1-22-11-8-15(20)16(21)18-12-6-9-19(10-7-12)14-5-3-2-4-13(14)17/h2-5,12,15,20H,6-11H2,1H3,(H,18,21)/t15-/m0/s1. The lowest BCUT2D eigenvalue weighted by molar-refractivity contribution is -0.130. The number of rotatable bonds is 6. The minimum absolute atomic E-state index is 0.0550. The molecule has 4 nitrogen and oxygen atoms in total. The second kappa shape index (κ2) is 8.39. The van der Waals surface area contributed by atoms with Crippen LogP contribution in [0.3, 0.4) is 0 Å². The van der Waals surface area contributed by atoms with E-state index < -0.39 is 6.10 Å². The van der Waals surface area contributed by atoms with E-state index in [1.165, 1.54) is 6.07 Å². The summed E-state index contributed by atoms with van der Waals surface area (Å²) in [6, 6.07) is 6.81. The van der Waals surface area contributed by atoms with E-state index in [4.69, 9.17) is 0 Å². The first-order valence-electron chi connectivity index (χ1n) is 7.58. The van der Waals surface area contributed by atoms with Gasteiger partial charge in [-0.05, 0) is 43.4 Å². The molecule has 22 heavy (non-hydrogen) atoms. The van der Waals surface area contributed by atoms with Crippen molar-refractivity contribution < 1.29 is 14.3 Å². The number of carbonyl (C=O) groups is 1. The van der Waals surface area contributed by atoms with E-state index in [9.17, 15) is 14.3 Å². The van der Waals surface area contributed by atoms with E-state index in [2.05, 4.69) is 5.32 Å². The summed E-state index contributed by atoms with van der Waals surface area (Å²) in [5.41, 5.74) is 0.618. The molecule has 1 aliphatic heterocycles. The molecule has 0 aliphatic carbocycles. The summed E-state index contributed by atoms with van der Waals surface area (Å²) in [7, 11) is 0. The molecule has 0 aromatic heterocycles. The van der Waals surface area contributed by atoms with Gasteiger partial charge in [0.15, 0.2) is 0 Å². The highest BCUT2D eigenvalue weighted by molar-refractivity contribution is 7.98. The lowest BCUT2D eigenvalue weighted by atomic mass is 10.0. The predicted molar refractivity (Wildman–Crippen MR) is 88.8 cm³/mol. The van der Waals surface area contributed by atoms with Crippen molar-refractivity contribution in [3.8, 4) is 0 Å². The molecule has 1 aliphatic rings. The topological polar surface area (TPSA) is 52.6 Å². The van der Waals surface area contributed by atoms with Crippen LogP contribution in [0.25, 0.3) is 0 Å². The van der Waals surface area contributed by atoms with Gasteiger partial charge >= 0.3 is 0 Å². The van der Waals surface area contributed by atoms with Gasteiger partial charge < -0.3 is 15.3 Å². The van der Waals surface area contributed by atoms with Crippen molar-refractivity contribution in [2.75, 3.05) is 30.0 Å². The fourth-order valence-electron chi connectivity index (χ4n) is 2.63. The minimum Gasteiger partial charge on any atom is -0.383 e. The first-order valence-corrected chi connectivity index (χ1v) is 8.98. The maximum atomic E-state index is 13.8. The zero-order chi connectivity index (χ0) is 15.9. The number of thioether (sulfide) groups is 1. The zero-order valence-electron chi connectivity index (χ0n) is 12.8. The molecule has 2 rings (SSSR count). The van der Waals surface area contributed by atoms with Crippen LogP contribution in [-0.4, -0.2) is 48.3 Å². The SMILES string of the molecule is CSCC[C@H](O)C(=O)NC1CCN(c2ccccc2F)CC1. The van der Waals surface area contributed by atoms with Crippen molar-refractivity contribution in [1.29, 1.82) is 0 Å². The summed E-state index contributed by atoms with van der Waals surface area (Å²) in [5.74, 6) is 0.260. The molecule has 0 saturated carbocycles. The van der Waals surface area contributed by atoms with Crippen LogP contribution in [0.5, 0.6) is 0 Å². The van der Waals surface area contributed by atoms with Crippen molar-refractivity contribution in [1.82, 2.24) is 5.32 Å². The van der Waals surface area contributed by atoms with Gasteiger partial charge in [0.25, 0.3) is 0 Å². The average Bonchev–Trinajstić information content (AvgIpc) is 2.54. The highest BCUT2D eigenvalue weighted by atomic mass is 32.2. The van der Waals surface area contributed by atoms with Crippen molar-refractivity contribution in [2.45, 2.75) is 31.4 Å². The molecule has 1 atom stereocenters. The van der Waals surface area contributed by atoms with E-state index in [0.29, 0.717) is 25.2 Å². The number of aliphatic hydroxyl groups is 1. The van der Waals surface area contributed by atoms with Crippen molar-refractivity contribution >= 4 is 23.4 Å². The van der Waals surface area contributed by atoms with Gasteiger partial charge in [-0.1, -0.05) is 12.1 Å². The van der Waals surface area contributed by atoms with E-state index in [0.717, 1.165) is 18.6 Å². The predicted octanol–water partition coefficient (Wildman–Crippen LogP) is 2.02. The number of hydrogen-bond donors (Lipinski definition) is 2. The molecule has 0 bridgehead atoms. The molecule has 1 saturated heterocycles. The summed E-state index contributed by atoms with van der Waals surface area (Å²) < 4.78 is 13.8. The lowest BCUT2D eigenvalue weighted by Crippen LogP contribution is -2.47. The number of halogens is 1. The number of carbonyl (C=O) groups excluding carboxylic acids is 1. The number of piperidine rings is 1. The van der Waals surface area contributed by atoms with E-state index in [1.807, 2.05) is 17.2 Å². The summed E-state index contributed by atoms with van der Waals surface area (Å²) >= 11 is 1.61. The number of hydrogen-bond acceptors (Lipinski definition) is 4. The smallest absolute Gasteiger partial charge is 0.249 e. The second-order valence-electron chi connectivity index (χ2n) is 5.52. The van der Waals surface area contributed by atoms with Crippen molar-refractivity contribution in [3.05, 3.63) is 30.1 Å². The summed E-state index contributed by atoms with van der Waals surface area (Å²) in [4.78, 5) is 13.9.